The number of nitrogens with one attached hydrogen (secondary N) is 2. The number of anilines is 1. The Hall–Kier alpha value is -1.77. The molecule has 0 radical (unpaired) electrons. The maximum Gasteiger partial charge on any atom is 0.337 e. The van der Waals surface area contributed by atoms with Crippen LogP contribution in [0.15, 0.2) is 51.4 Å². The summed E-state index contributed by atoms with van der Waals surface area (Å²) < 4.78 is 1.26. The minimum Gasteiger partial charge on any atom is -0.478 e. The topological polar surface area (TPSA) is 78.4 Å². The van der Waals surface area contributed by atoms with Crippen LogP contribution in [0.25, 0.3) is 0 Å². The number of rotatable bonds is 3. The molecule has 2 aromatic carbocycles. The lowest BCUT2D eigenvalue weighted by Gasteiger charge is -2.12. The molecule has 2 aromatic rings. The zero-order valence-electron chi connectivity index (χ0n) is 11.5. The fraction of sp³-hybridized carbons (Fsp3) is 0. The normalized spacial score (nSPS) is 10.0. The van der Waals surface area contributed by atoms with Crippen molar-refractivity contribution in [3.8, 4) is 0 Å². The van der Waals surface area contributed by atoms with E-state index in [0.29, 0.717) is 14.5 Å². The Balaban J connectivity index is 2.13. The summed E-state index contributed by atoms with van der Waals surface area (Å²) in [4.78, 5) is 23.4. The van der Waals surface area contributed by atoms with E-state index < -0.39 is 11.9 Å². The summed E-state index contributed by atoms with van der Waals surface area (Å²) in [7, 11) is 0. The number of carboxylic acid groups (broad SMARTS) is 1. The molecule has 0 aliphatic heterocycles. The number of carboxylic acids is 1. The summed E-state index contributed by atoms with van der Waals surface area (Å²) in [6, 6.07) is 11.6. The van der Waals surface area contributed by atoms with Gasteiger partial charge in [0.15, 0.2) is 5.11 Å². The van der Waals surface area contributed by atoms with Crippen LogP contribution in [0.3, 0.4) is 0 Å². The first-order valence-electron chi connectivity index (χ1n) is 6.28. The molecule has 0 fully saturated rings. The maximum absolute atomic E-state index is 12.1. The van der Waals surface area contributed by atoms with Gasteiger partial charge in [0.05, 0.1) is 16.8 Å². The third kappa shape index (κ3) is 4.60. The molecule has 8 heteroatoms. The number of hydrogen-bond acceptors (Lipinski definition) is 3. The van der Waals surface area contributed by atoms with E-state index in [-0.39, 0.29) is 16.4 Å². The molecular formula is C15H10Br2N2O3S. The minimum absolute atomic E-state index is 0.00979. The molecule has 5 nitrogen and oxygen atoms in total. The van der Waals surface area contributed by atoms with Crippen LogP contribution < -0.4 is 10.6 Å². The Labute approximate surface area is 154 Å². The lowest BCUT2D eigenvalue weighted by atomic mass is 10.2. The Morgan fingerprint density at radius 3 is 2.39 bits per heavy atom. The van der Waals surface area contributed by atoms with Crippen LogP contribution in [0, 0.1) is 0 Å². The largest absolute Gasteiger partial charge is 0.478 e. The molecule has 0 saturated carbocycles. The molecule has 118 valence electrons. The van der Waals surface area contributed by atoms with Gasteiger partial charge in [-0.1, -0.05) is 28.1 Å². The monoisotopic (exact) mass is 456 g/mol. The standard InChI is InChI=1S/C15H10Br2N2O3S/c16-8-5-6-12(10(7-8)14(21)22)18-15(23)19-13(20)9-3-1-2-4-11(9)17/h1-7H,(H,21,22)(H2,18,19,20,23). The average molecular weight is 458 g/mol. The lowest BCUT2D eigenvalue weighted by Crippen LogP contribution is -2.34. The first-order chi connectivity index (χ1) is 10.9. The van der Waals surface area contributed by atoms with E-state index in [2.05, 4.69) is 42.5 Å². The van der Waals surface area contributed by atoms with Gasteiger partial charge in [-0.25, -0.2) is 4.79 Å². The molecular weight excluding hydrogens is 448 g/mol. The molecule has 0 atom stereocenters. The molecule has 0 aliphatic carbocycles. The van der Waals surface area contributed by atoms with Crippen molar-refractivity contribution in [2.24, 2.45) is 0 Å². The third-order valence-electron chi connectivity index (χ3n) is 2.81. The molecule has 3 N–H and O–H groups in total. The predicted octanol–water partition coefficient (Wildman–Crippen LogP) is 4.04. The van der Waals surface area contributed by atoms with E-state index >= 15 is 0 Å². The number of aromatic carboxylic acids is 1. The van der Waals surface area contributed by atoms with Crippen molar-refractivity contribution in [2.75, 3.05) is 5.32 Å². The molecule has 1 amide bonds. The maximum atomic E-state index is 12.1. The Morgan fingerprint density at radius 1 is 1.04 bits per heavy atom. The molecule has 0 aromatic heterocycles. The van der Waals surface area contributed by atoms with E-state index in [1.165, 1.54) is 6.07 Å². The van der Waals surface area contributed by atoms with Gasteiger partial charge in [-0.3, -0.25) is 10.1 Å². The second-order valence-electron chi connectivity index (χ2n) is 4.38. The number of amides is 1. The molecule has 0 spiro atoms. The number of benzene rings is 2. The van der Waals surface area contributed by atoms with Crippen molar-refractivity contribution in [2.45, 2.75) is 0 Å². The third-order valence-corrected chi connectivity index (χ3v) is 4.19. The van der Waals surface area contributed by atoms with Crippen LogP contribution in [-0.4, -0.2) is 22.1 Å². The summed E-state index contributed by atoms with van der Waals surface area (Å²) in [6.07, 6.45) is 0. The highest BCUT2D eigenvalue weighted by Gasteiger charge is 2.14. The number of carbonyl (C=O) groups is 2. The van der Waals surface area contributed by atoms with Crippen molar-refractivity contribution >= 4 is 66.8 Å². The van der Waals surface area contributed by atoms with Gasteiger partial charge < -0.3 is 10.4 Å². The Morgan fingerprint density at radius 2 is 1.74 bits per heavy atom. The van der Waals surface area contributed by atoms with Gasteiger partial charge >= 0.3 is 5.97 Å². The van der Waals surface area contributed by atoms with Crippen molar-refractivity contribution in [3.05, 3.63) is 62.5 Å². The zero-order chi connectivity index (χ0) is 17.0. The first-order valence-corrected chi connectivity index (χ1v) is 8.27. The number of thiocarbonyl (C=S) groups is 1. The number of halogens is 2. The minimum atomic E-state index is -1.10. The van der Waals surface area contributed by atoms with Gasteiger partial charge in [-0.05, 0) is 58.5 Å². The van der Waals surface area contributed by atoms with Crippen LogP contribution in [0.2, 0.25) is 0 Å². The highest BCUT2D eigenvalue weighted by Crippen LogP contribution is 2.21. The van der Waals surface area contributed by atoms with Gasteiger partial charge in [0.1, 0.15) is 0 Å². The van der Waals surface area contributed by atoms with Gasteiger partial charge in [0.2, 0.25) is 0 Å². The summed E-state index contributed by atoms with van der Waals surface area (Å²) >= 11 is 11.6. The van der Waals surface area contributed by atoms with Gasteiger partial charge in [0.25, 0.3) is 5.91 Å². The van der Waals surface area contributed by atoms with Crippen LogP contribution in [0.4, 0.5) is 5.69 Å². The van der Waals surface area contributed by atoms with Crippen LogP contribution in [-0.2, 0) is 0 Å². The lowest BCUT2D eigenvalue weighted by molar-refractivity contribution is 0.0697. The SMILES string of the molecule is O=C(NC(=S)Nc1ccc(Br)cc1C(=O)O)c1ccccc1Br. The summed E-state index contributed by atoms with van der Waals surface area (Å²) in [6.45, 7) is 0. The number of carbonyl (C=O) groups excluding carboxylic acids is 1. The number of hydrogen-bond donors (Lipinski definition) is 3. The Bertz CT molecular complexity index is 796. The van der Waals surface area contributed by atoms with E-state index in [4.69, 9.17) is 12.2 Å². The quantitative estimate of drug-likeness (QED) is 0.606. The summed E-state index contributed by atoms with van der Waals surface area (Å²) in [5.74, 6) is -1.50. The second kappa shape index (κ2) is 7.67. The molecule has 0 saturated heterocycles. The zero-order valence-corrected chi connectivity index (χ0v) is 15.5. The Kier molecular flexibility index (Phi) is 5.86. The van der Waals surface area contributed by atoms with E-state index in [9.17, 15) is 14.7 Å². The van der Waals surface area contributed by atoms with Crippen molar-refractivity contribution < 1.29 is 14.7 Å². The van der Waals surface area contributed by atoms with E-state index in [1.807, 2.05) is 0 Å². The molecule has 0 heterocycles. The molecule has 2 rings (SSSR count). The second-order valence-corrected chi connectivity index (χ2v) is 6.56. The molecule has 0 unspecified atom stereocenters. The first kappa shape index (κ1) is 17.6. The fourth-order valence-electron chi connectivity index (χ4n) is 1.77. The molecule has 23 heavy (non-hydrogen) atoms. The van der Waals surface area contributed by atoms with Gasteiger partial charge in [-0.15, -0.1) is 0 Å². The predicted molar refractivity (Wildman–Crippen MR) is 98.9 cm³/mol. The van der Waals surface area contributed by atoms with Gasteiger partial charge in [0, 0.05) is 8.95 Å². The van der Waals surface area contributed by atoms with Crippen molar-refractivity contribution in [3.63, 3.8) is 0 Å². The van der Waals surface area contributed by atoms with Crippen LogP contribution >= 0.6 is 44.1 Å². The molecule has 0 bridgehead atoms. The van der Waals surface area contributed by atoms with Crippen molar-refractivity contribution in [1.82, 2.24) is 5.32 Å². The van der Waals surface area contributed by atoms with Crippen LogP contribution in [0.5, 0.6) is 0 Å². The highest BCUT2D eigenvalue weighted by molar-refractivity contribution is 9.10. The highest BCUT2D eigenvalue weighted by atomic mass is 79.9. The van der Waals surface area contributed by atoms with Gasteiger partial charge in [-0.2, -0.15) is 0 Å². The van der Waals surface area contributed by atoms with E-state index in [1.54, 1.807) is 36.4 Å². The van der Waals surface area contributed by atoms with E-state index in [0.717, 1.165) is 0 Å². The fourth-order valence-corrected chi connectivity index (χ4v) is 2.80. The smallest absolute Gasteiger partial charge is 0.337 e. The average Bonchev–Trinajstić information content (AvgIpc) is 2.49. The summed E-state index contributed by atoms with van der Waals surface area (Å²) in [5, 5.41) is 14.4. The molecule has 0 aliphatic rings. The van der Waals surface area contributed by atoms with Crippen molar-refractivity contribution in [1.29, 1.82) is 0 Å². The van der Waals surface area contributed by atoms with Crippen LogP contribution in [0.1, 0.15) is 20.7 Å². The summed E-state index contributed by atoms with van der Waals surface area (Å²) in [5.41, 5.74) is 0.751.